The molecule has 2 aromatic heterocycles. The van der Waals surface area contributed by atoms with E-state index in [0.29, 0.717) is 51.5 Å². The predicted octanol–water partition coefficient (Wildman–Crippen LogP) is 4.79. The van der Waals surface area contributed by atoms with E-state index in [-0.39, 0.29) is 11.7 Å². The van der Waals surface area contributed by atoms with Gasteiger partial charge in [0.2, 0.25) is 0 Å². The fourth-order valence-electron chi connectivity index (χ4n) is 4.66. The Morgan fingerprint density at radius 2 is 1.89 bits per heavy atom. The van der Waals surface area contributed by atoms with Crippen LogP contribution in [0, 0.1) is 0 Å². The summed E-state index contributed by atoms with van der Waals surface area (Å²) < 4.78 is 12.8. The van der Waals surface area contributed by atoms with Gasteiger partial charge in [0.25, 0.3) is 5.91 Å². The van der Waals surface area contributed by atoms with Crippen LogP contribution in [-0.4, -0.2) is 41.2 Å². The molecule has 35 heavy (non-hydrogen) atoms. The smallest absolute Gasteiger partial charge is 0.257 e. The topological polar surface area (TPSA) is 104 Å². The van der Waals surface area contributed by atoms with Gasteiger partial charge in [0.1, 0.15) is 28.4 Å². The van der Waals surface area contributed by atoms with Crippen LogP contribution in [0.3, 0.4) is 0 Å². The van der Waals surface area contributed by atoms with Crippen molar-refractivity contribution in [2.24, 2.45) is 0 Å². The Kier molecular flexibility index (Phi) is 6.27. The van der Waals surface area contributed by atoms with E-state index in [1.54, 1.807) is 30.9 Å². The first-order valence-electron chi connectivity index (χ1n) is 11.9. The number of allylic oxidation sites excluding steroid dienone is 1. The number of benzene rings is 2. The highest BCUT2D eigenvalue weighted by molar-refractivity contribution is 6.11. The molecule has 8 nitrogen and oxygen atoms in total. The zero-order chi connectivity index (χ0) is 24.4. The van der Waals surface area contributed by atoms with Gasteiger partial charge in [-0.3, -0.25) is 9.36 Å². The fraction of sp³-hybridized carbons (Fsp3) is 0.296. The Labute approximate surface area is 203 Å². The predicted molar refractivity (Wildman–Crippen MR) is 137 cm³/mol. The lowest BCUT2D eigenvalue weighted by Crippen LogP contribution is -2.26. The molecule has 1 aliphatic rings. The van der Waals surface area contributed by atoms with Gasteiger partial charge in [-0.1, -0.05) is 23.8 Å². The highest BCUT2D eigenvalue weighted by atomic mass is 16.5. The number of amides is 1. The molecule has 2 heterocycles. The summed E-state index contributed by atoms with van der Waals surface area (Å²) in [5.41, 5.74) is 11.3. The summed E-state index contributed by atoms with van der Waals surface area (Å²) in [5.74, 6) is 1.17. The van der Waals surface area contributed by atoms with E-state index in [9.17, 15) is 4.79 Å². The highest BCUT2D eigenvalue weighted by Crippen LogP contribution is 2.36. The van der Waals surface area contributed by atoms with Crippen LogP contribution in [-0.2, 0) is 0 Å². The number of aromatic nitrogens is 3. The van der Waals surface area contributed by atoms with Crippen molar-refractivity contribution in [1.29, 1.82) is 0 Å². The average Bonchev–Trinajstić information content (AvgIpc) is 3.17. The summed E-state index contributed by atoms with van der Waals surface area (Å²) in [6.45, 7) is 0.542. The van der Waals surface area contributed by atoms with E-state index in [4.69, 9.17) is 25.2 Å². The molecule has 0 fully saturated rings. The molecule has 5 rings (SSSR count). The zero-order valence-corrected chi connectivity index (χ0v) is 20.0. The number of carbonyl (C=O) groups excluding carboxylic acids is 1. The molecule has 0 saturated heterocycles. The van der Waals surface area contributed by atoms with Gasteiger partial charge in [0.05, 0.1) is 30.9 Å². The minimum Gasteiger partial charge on any atom is -0.497 e. The second-order valence-electron chi connectivity index (χ2n) is 8.63. The number of hydrogen-bond donors (Lipinski definition) is 2. The first-order chi connectivity index (χ1) is 17.1. The van der Waals surface area contributed by atoms with Crippen molar-refractivity contribution in [3.63, 3.8) is 0 Å². The second-order valence-corrected chi connectivity index (χ2v) is 8.63. The van der Waals surface area contributed by atoms with Gasteiger partial charge in [0, 0.05) is 12.6 Å². The number of nitrogens with zero attached hydrogens (tertiary/aromatic N) is 3. The van der Waals surface area contributed by atoms with E-state index in [2.05, 4.69) is 11.4 Å². The Morgan fingerprint density at radius 1 is 1.09 bits per heavy atom. The summed E-state index contributed by atoms with van der Waals surface area (Å²) in [5, 5.41) is 3.05. The van der Waals surface area contributed by atoms with E-state index >= 15 is 0 Å². The van der Waals surface area contributed by atoms with Gasteiger partial charge in [-0.25, -0.2) is 9.97 Å². The minimum absolute atomic E-state index is 0.247. The van der Waals surface area contributed by atoms with E-state index in [0.717, 1.165) is 19.3 Å². The van der Waals surface area contributed by atoms with Crippen LogP contribution in [0.5, 0.6) is 11.5 Å². The van der Waals surface area contributed by atoms with Gasteiger partial charge in [0.15, 0.2) is 5.65 Å². The molecule has 1 amide bonds. The van der Waals surface area contributed by atoms with Crippen molar-refractivity contribution >= 4 is 33.9 Å². The second kappa shape index (κ2) is 9.66. The Balaban J connectivity index is 1.63. The fourth-order valence-corrected chi connectivity index (χ4v) is 4.66. The van der Waals surface area contributed by atoms with Crippen LogP contribution < -0.4 is 20.5 Å². The number of fused-ring (bicyclic) bond motifs is 2. The van der Waals surface area contributed by atoms with Gasteiger partial charge < -0.3 is 20.5 Å². The molecular weight excluding hydrogens is 442 g/mol. The molecule has 0 radical (unpaired) electrons. The molecule has 0 atom stereocenters. The van der Waals surface area contributed by atoms with Crippen molar-refractivity contribution in [3.8, 4) is 17.2 Å². The molecule has 2 aromatic carbocycles. The number of para-hydroxylation sites is 2. The highest BCUT2D eigenvalue weighted by Gasteiger charge is 2.26. The lowest BCUT2D eigenvalue weighted by molar-refractivity contribution is 0.0956. The normalized spacial score (nSPS) is 13.6. The number of nitrogens with two attached hydrogens (primary N) is 1. The number of methoxy groups -OCH3 is 2. The number of rotatable bonds is 7. The molecule has 0 bridgehead atoms. The van der Waals surface area contributed by atoms with E-state index in [1.807, 2.05) is 30.3 Å². The molecule has 0 saturated carbocycles. The number of nitrogens with one attached hydrogen (secondary N) is 1. The number of ether oxygens (including phenoxy) is 2. The third-order valence-corrected chi connectivity index (χ3v) is 6.47. The molecule has 3 N–H and O–H groups in total. The molecular formula is C27H29N5O3. The molecule has 4 aromatic rings. The van der Waals surface area contributed by atoms with Gasteiger partial charge in [-0.05, 0) is 56.4 Å². The Hall–Kier alpha value is -4.07. The third kappa shape index (κ3) is 4.27. The first-order valence-corrected chi connectivity index (χ1v) is 11.9. The van der Waals surface area contributed by atoms with Crippen molar-refractivity contribution in [3.05, 3.63) is 59.7 Å². The molecule has 8 heteroatoms. The lowest BCUT2D eigenvalue weighted by atomic mass is 9.97. The summed E-state index contributed by atoms with van der Waals surface area (Å²) in [7, 11) is 3.18. The standard InChI is InChI=1S/C27H29N5O3/c1-34-18-12-13-22(35-2)21(16-18)32-25(28)23(27(33)29-15-14-17-8-4-3-5-9-17)24-26(32)31-20-11-7-6-10-19(20)30-24/h6-8,10-13,16H,3-5,9,14-15,28H2,1-2H3,(H,29,33). The van der Waals surface area contributed by atoms with Crippen molar-refractivity contribution in [2.45, 2.75) is 32.1 Å². The zero-order valence-electron chi connectivity index (χ0n) is 20.0. The van der Waals surface area contributed by atoms with Crippen LogP contribution in [0.2, 0.25) is 0 Å². The van der Waals surface area contributed by atoms with Gasteiger partial charge in [-0.15, -0.1) is 0 Å². The molecule has 0 aliphatic heterocycles. The van der Waals surface area contributed by atoms with Crippen molar-refractivity contribution in [1.82, 2.24) is 19.9 Å². The van der Waals surface area contributed by atoms with Gasteiger partial charge >= 0.3 is 0 Å². The quantitative estimate of drug-likeness (QED) is 0.376. The molecule has 180 valence electrons. The molecule has 0 unspecified atom stereocenters. The summed E-state index contributed by atoms with van der Waals surface area (Å²) >= 11 is 0. The summed E-state index contributed by atoms with van der Waals surface area (Å²) in [6, 6.07) is 13.0. The number of hydrogen-bond acceptors (Lipinski definition) is 6. The maximum atomic E-state index is 13.4. The van der Waals surface area contributed by atoms with E-state index in [1.165, 1.54) is 18.4 Å². The Morgan fingerprint density at radius 3 is 2.60 bits per heavy atom. The van der Waals surface area contributed by atoms with Crippen LogP contribution in [0.15, 0.2) is 54.1 Å². The van der Waals surface area contributed by atoms with Crippen molar-refractivity contribution in [2.75, 3.05) is 26.5 Å². The molecule has 1 aliphatic carbocycles. The molecule has 0 spiro atoms. The van der Waals surface area contributed by atoms with Crippen molar-refractivity contribution < 1.29 is 14.3 Å². The summed E-state index contributed by atoms with van der Waals surface area (Å²) in [6.07, 6.45) is 7.81. The largest absolute Gasteiger partial charge is 0.497 e. The number of nitrogen functional groups attached to an aromatic ring is 1. The van der Waals surface area contributed by atoms with Crippen LogP contribution >= 0.6 is 0 Å². The van der Waals surface area contributed by atoms with Crippen LogP contribution in [0.4, 0.5) is 5.82 Å². The lowest BCUT2D eigenvalue weighted by Gasteiger charge is -2.14. The summed E-state index contributed by atoms with van der Waals surface area (Å²) in [4.78, 5) is 23.1. The third-order valence-electron chi connectivity index (χ3n) is 6.47. The SMILES string of the molecule is COc1ccc(OC)c(-n2c(N)c(C(=O)NCCC3=CCCCC3)c3nc4ccccc4nc32)c1. The van der Waals surface area contributed by atoms with Gasteiger partial charge in [-0.2, -0.15) is 0 Å². The Bertz CT molecular complexity index is 1440. The first kappa shape index (κ1) is 22.7. The van der Waals surface area contributed by atoms with Crippen LogP contribution in [0.25, 0.3) is 27.9 Å². The van der Waals surface area contributed by atoms with E-state index < -0.39 is 0 Å². The maximum Gasteiger partial charge on any atom is 0.257 e. The minimum atomic E-state index is -0.269. The monoisotopic (exact) mass is 471 g/mol. The average molecular weight is 472 g/mol. The maximum absolute atomic E-state index is 13.4. The number of anilines is 1. The number of carbonyl (C=O) groups is 1. The van der Waals surface area contributed by atoms with Crippen LogP contribution in [0.1, 0.15) is 42.5 Å².